The molecule has 0 atom stereocenters. The molecule has 0 bridgehead atoms. The van der Waals surface area contributed by atoms with Crippen LogP contribution in [0.25, 0.3) is 6.08 Å². The Kier molecular flexibility index (Phi) is 9.31. The van der Waals surface area contributed by atoms with Crippen LogP contribution < -0.4 is 19.7 Å². The Morgan fingerprint density at radius 1 is 1.10 bits per heavy atom. The van der Waals surface area contributed by atoms with E-state index < -0.39 is 29.4 Å². The second-order valence-electron chi connectivity index (χ2n) is 9.33. The van der Waals surface area contributed by atoms with Crippen molar-refractivity contribution in [3.8, 4) is 11.5 Å². The number of carbonyl (C=O) groups is 3. The lowest BCUT2D eigenvalue weighted by Crippen LogP contribution is -2.38. The zero-order chi connectivity index (χ0) is 29.6. The number of rotatable bonds is 9. The molecule has 0 aromatic heterocycles. The minimum absolute atomic E-state index is 0.147. The number of methoxy groups -OCH3 is 1. The first kappa shape index (κ1) is 29.4. The van der Waals surface area contributed by atoms with Crippen LogP contribution in [0.1, 0.15) is 11.1 Å². The molecular weight excluding hydrogens is 585 g/mol. The lowest BCUT2D eigenvalue weighted by atomic mass is 10.1. The monoisotopic (exact) mass is 611 g/mol. The summed E-state index contributed by atoms with van der Waals surface area (Å²) >= 11 is 6.85. The average molecular weight is 612 g/mol. The van der Waals surface area contributed by atoms with Crippen molar-refractivity contribution in [2.24, 2.45) is 0 Å². The second kappa shape index (κ2) is 13.3. The Balaban J connectivity index is 1.27. The molecule has 2 heterocycles. The predicted molar refractivity (Wildman–Crippen MR) is 160 cm³/mol. The minimum atomic E-state index is -0.585. The second-order valence-corrected chi connectivity index (χ2v) is 10.7. The van der Waals surface area contributed by atoms with Gasteiger partial charge in [0.1, 0.15) is 19.0 Å². The highest BCUT2D eigenvalue weighted by Crippen LogP contribution is 2.35. The van der Waals surface area contributed by atoms with Crippen molar-refractivity contribution in [1.29, 1.82) is 0 Å². The number of ether oxygens (including phenoxy) is 3. The standard InChI is InChI=1S/C30H27ClFN3O6S/c1-39-25-10-9-19(15-26(25)41-18-20-21(31)5-4-6-22(20)32)16-27-29(37)35(30(38)42-27)17-28(36)33-23-7-2-3-8-24(23)34-11-13-40-14-12-34/h2-10,15-16H,11-14,17-18H2,1H3,(H,33,36)/b27-16+. The van der Waals surface area contributed by atoms with Crippen molar-refractivity contribution >= 4 is 57.9 Å². The molecule has 2 aliphatic heterocycles. The number of anilines is 2. The number of hydrogen-bond donors (Lipinski definition) is 1. The van der Waals surface area contributed by atoms with E-state index >= 15 is 0 Å². The van der Waals surface area contributed by atoms with Crippen LogP contribution in [0.5, 0.6) is 11.5 Å². The van der Waals surface area contributed by atoms with E-state index in [0.717, 1.165) is 22.3 Å². The highest BCUT2D eigenvalue weighted by molar-refractivity contribution is 8.18. The summed E-state index contributed by atoms with van der Waals surface area (Å²) in [5.74, 6) is -0.894. The first-order valence-corrected chi connectivity index (χ1v) is 14.2. The zero-order valence-corrected chi connectivity index (χ0v) is 24.2. The van der Waals surface area contributed by atoms with Gasteiger partial charge in [-0.2, -0.15) is 0 Å². The lowest BCUT2D eigenvalue weighted by Gasteiger charge is -2.30. The number of carbonyl (C=O) groups excluding carboxylic acids is 3. The summed E-state index contributed by atoms with van der Waals surface area (Å²) in [6.45, 7) is 1.98. The van der Waals surface area contributed by atoms with Crippen molar-refractivity contribution in [2.75, 3.05) is 50.2 Å². The van der Waals surface area contributed by atoms with Crippen LogP contribution in [0.15, 0.2) is 65.6 Å². The fraction of sp³-hybridized carbons (Fsp3) is 0.233. The summed E-state index contributed by atoms with van der Waals surface area (Å²) in [6.07, 6.45) is 1.53. The van der Waals surface area contributed by atoms with E-state index in [9.17, 15) is 18.8 Å². The molecule has 2 aliphatic rings. The third-order valence-corrected chi connectivity index (χ3v) is 7.89. The van der Waals surface area contributed by atoms with Crippen LogP contribution in [0.2, 0.25) is 5.02 Å². The quantitative estimate of drug-likeness (QED) is 0.313. The van der Waals surface area contributed by atoms with Gasteiger partial charge >= 0.3 is 0 Å². The van der Waals surface area contributed by atoms with Crippen molar-refractivity contribution in [3.63, 3.8) is 0 Å². The van der Waals surface area contributed by atoms with Crippen molar-refractivity contribution < 1.29 is 33.0 Å². The van der Waals surface area contributed by atoms with Gasteiger partial charge in [-0.15, -0.1) is 0 Å². The van der Waals surface area contributed by atoms with Gasteiger partial charge in [-0.25, -0.2) is 4.39 Å². The molecule has 12 heteroatoms. The molecule has 218 valence electrons. The number of morpholine rings is 1. The number of nitrogens with one attached hydrogen (secondary N) is 1. The molecule has 0 spiro atoms. The maximum absolute atomic E-state index is 14.2. The Bertz CT molecular complexity index is 1520. The van der Waals surface area contributed by atoms with E-state index in [1.165, 1.54) is 25.3 Å². The first-order valence-electron chi connectivity index (χ1n) is 13.0. The highest BCUT2D eigenvalue weighted by atomic mass is 35.5. The zero-order valence-electron chi connectivity index (χ0n) is 22.6. The molecule has 5 rings (SSSR count). The van der Waals surface area contributed by atoms with Gasteiger partial charge in [-0.3, -0.25) is 19.3 Å². The molecule has 2 fully saturated rings. The number of hydrogen-bond acceptors (Lipinski definition) is 8. The molecule has 0 aliphatic carbocycles. The van der Waals surface area contributed by atoms with E-state index in [0.29, 0.717) is 49.1 Å². The molecule has 0 radical (unpaired) electrons. The first-order chi connectivity index (χ1) is 20.3. The van der Waals surface area contributed by atoms with E-state index in [4.69, 9.17) is 25.8 Å². The molecule has 3 aromatic rings. The Labute approximate surface area is 251 Å². The van der Waals surface area contributed by atoms with Crippen molar-refractivity contribution in [2.45, 2.75) is 6.61 Å². The largest absolute Gasteiger partial charge is 0.493 e. The maximum Gasteiger partial charge on any atom is 0.294 e. The van der Waals surface area contributed by atoms with Gasteiger partial charge in [0.15, 0.2) is 11.5 Å². The predicted octanol–water partition coefficient (Wildman–Crippen LogP) is 5.58. The minimum Gasteiger partial charge on any atom is -0.493 e. The van der Waals surface area contributed by atoms with Crippen LogP contribution in [0.3, 0.4) is 0 Å². The van der Waals surface area contributed by atoms with Gasteiger partial charge in [0.2, 0.25) is 5.91 Å². The fourth-order valence-electron chi connectivity index (χ4n) is 4.50. The molecule has 42 heavy (non-hydrogen) atoms. The third kappa shape index (κ3) is 6.70. The number of thioether (sulfide) groups is 1. The van der Waals surface area contributed by atoms with Gasteiger partial charge in [-0.1, -0.05) is 35.9 Å². The average Bonchev–Trinajstić information content (AvgIpc) is 3.25. The molecule has 2 saturated heterocycles. The molecular formula is C30H27ClFN3O6S. The van der Waals surface area contributed by atoms with Gasteiger partial charge in [0.05, 0.1) is 41.6 Å². The van der Waals surface area contributed by atoms with Crippen molar-refractivity contribution in [3.05, 3.63) is 87.5 Å². The summed E-state index contributed by atoms with van der Waals surface area (Å²) in [5, 5.41) is 2.51. The molecule has 3 amide bonds. The van der Waals surface area contributed by atoms with Gasteiger partial charge < -0.3 is 24.4 Å². The summed E-state index contributed by atoms with van der Waals surface area (Å²) in [4.78, 5) is 41.9. The fourth-order valence-corrected chi connectivity index (χ4v) is 5.55. The van der Waals surface area contributed by atoms with Crippen LogP contribution in [-0.4, -0.2) is 61.9 Å². The topological polar surface area (TPSA) is 97.4 Å². The molecule has 3 aromatic carbocycles. The summed E-state index contributed by atoms with van der Waals surface area (Å²) in [6, 6.07) is 16.7. The molecule has 1 N–H and O–H groups in total. The summed E-state index contributed by atoms with van der Waals surface area (Å²) in [5.41, 5.74) is 2.17. The molecule has 9 nitrogen and oxygen atoms in total. The molecule has 0 saturated carbocycles. The van der Waals surface area contributed by atoms with Crippen LogP contribution in [0.4, 0.5) is 20.6 Å². The Hall–Kier alpha value is -4.06. The summed E-state index contributed by atoms with van der Waals surface area (Å²) in [7, 11) is 1.47. The number of halogens is 2. The lowest BCUT2D eigenvalue weighted by molar-refractivity contribution is -0.127. The van der Waals surface area contributed by atoms with Crippen LogP contribution in [0, 0.1) is 5.82 Å². The van der Waals surface area contributed by atoms with E-state index in [2.05, 4.69) is 10.2 Å². The summed E-state index contributed by atoms with van der Waals surface area (Å²) < 4.78 is 30.8. The SMILES string of the molecule is COc1ccc(/C=C2/SC(=O)N(CC(=O)Nc3ccccc3N3CCOCC3)C2=O)cc1OCc1c(F)cccc1Cl. The maximum atomic E-state index is 14.2. The van der Waals surface area contributed by atoms with Gasteiger partial charge in [-0.05, 0) is 59.8 Å². The van der Waals surface area contributed by atoms with Crippen molar-refractivity contribution in [1.82, 2.24) is 4.90 Å². The van der Waals surface area contributed by atoms with Crippen LogP contribution in [-0.2, 0) is 20.9 Å². The number of imide groups is 1. The number of amides is 3. The van der Waals surface area contributed by atoms with E-state index in [1.54, 1.807) is 36.4 Å². The number of benzene rings is 3. The highest BCUT2D eigenvalue weighted by Gasteiger charge is 2.36. The Morgan fingerprint density at radius 2 is 1.88 bits per heavy atom. The normalized spacial score (nSPS) is 16.2. The van der Waals surface area contributed by atoms with Crippen LogP contribution >= 0.6 is 23.4 Å². The number of para-hydroxylation sites is 2. The molecule has 0 unspecified atom stereocenters. The van der Waals surface area contributed by atoms with E-state index in [-0.39, 0.29) is 22.1 Å². The van der Waals surface area contributed by atoms with E-state index in [1.807, 2.05) is 12.1 Å². The third-order valence-electron chi connectivity index (χ3n) is 6.62. The van der Waals surface area contributed by atoms with Gasteiger partial charge in [0.25, 0.3) is 11.1 Å². The van der Waals surface area contributed by atoms with Gasteiger partial charge in [0, 0.05) is 18.7 Å². The number of nitrogens with zero attached hydrogens (tertiary/aromatic N) is 2. The Morgan fingerprint density at radius 3 is 2.64 bits per heavy atom. The smallest absolute Gasteiger partial charge is 0.294 e.